The number of benzene rings is 2. The van der Waals surface area contributed by atoms with E-state index in [2.05, 4.69) is 33.2 Å². The van der Waals surface area contributed by atoms with E-state index in [0.29, 0.717) is 5.82 Å². The van der Waals surface area contributed by atoms with Crippen molar-refractivity contribution in [2.75, 3.05) is 0 Å². The Hall–Kier alpha value is -3.81. The molecule has 0 spiro atoms. The van der Waals surface area contributed by atoms with Gasteiger partial charge >= 0.3 is 0 Å². The molecule has 1 aromatic heterocycles. The van der Waals surface area contributed by atoms with E-state index in [1.54, 1.807) is 6.08 Å². The van der Waals surface area contributed by atoms with Crippen LogP contribution in [0.25, 0.3) is 17.5 Å². The standard InChI is InChI=1S/C20H20N6O2/c1-2-15-8-10-16(11-9-15)12-13-18(27)21-22-19(28)14-26-24-20(23-25-26)17-6-4-3-5-7-17/h3-13H,2,14H2,1H3,(H,21,27)(H,22,28)/b13-12+. The number of hydrogen-bond acceptors (Lipinski definition) is 5. The highest BCUT2D eigenvalue weighted by molar-refractivity contribution is 5.93. The zero-order valence-corrected chi connectivity index (χ0v) is 15.4. The molecule has 0 atom stereocenters. The van der Waals surface area contributed by atoms with Crippen molar-refractivity contribution in [3.8, 4) is 11.4 Å². The first kappa shape index (κ1) is 19.0. The molecule has 0 radical (unpaired) electrons. The highest BCUT2D eigenvalue weighted by Gasteiger charge is 2.09. The lowest BCUT2D eigenvalue weighted by Crippen LogP contribution is -2.42. The molecule has 3 rings (SSSR count). The first-order chi connectivity index (χ1) is 13.6. The normalized spacial score (nSPS) is 10.8. The Morgan fingerprint density at radius 2 is 1.79 bits per heavy atom. The van der Waals surface area contributed by atoms with Crippen LogP contribution in [0.1, 0.15) is 18.1 Å². The number of carbonyl (C=O) groups excluding carboxylic acids is 2. The number of hydrazine groups is 1. The molecular formula is C20H20N6O2. The molecule has 2 aromatic carbocycles. The molecule has 0 aliphatic heterocycles. The first-order valence-electron chi connectivity index (χ1n) is 8.83. The van der Waals surface area contributed by atoms with Crippen molar-refractivity contribution in [3.05, 3.63) is 71.8 Å². The highest BCUT2D eigenvalue weighted by Crippen LogP contribution is 2.11. The molecule has 0 aliphatic carbocycles. The number of tetrazole rings is 1. The molecule has 0 saturated heterocycles. The maximum absolute atomic E-state index is 11.9. The summed E-state index contributed by atoms with van der Waals surface area (Å²) in [5.41, 5.74) is 7.57. The number of aryl methyl sites for hydroxylation is 1. The summed E-state index contributed by atoms with van der Waals surface area (Å²) in [6, 6.07) is 17.2. The molecule has 2 amide bonds. The summed E-state index contributed by atoms with van der Waals surface area (Å²) in [4.78, 5) is 24.9. The quantitative estimate of drug-likeness (QED) is 0.504. The van der Waals surface area contributed by atoms with E-state index in [9.17, 15) is 9.59 Å². The molecule has 0 saturated carbocycles. The minimum absolute atomic E-state index is 0.164. The van der Waals surface area contributed by atoms with Gasteiger partial charge < -0.3 is 0 Å². The van der Waals surface area contributed by atoms with Crippen LogP contribution < -0.4 is 10.9 Å². The second kappa shape index (κ2) is 9.22. The third-order valence-electron chi connectivity index (χ3n) is 3.91. The Bertz CT molecular complexity index is 964. The molecule has 2 N–H and O–H groups in total. The van der Waals surface area contributed by atoms with Gasteiger partial charge in [0.05, 0.1) is 0 Å². The second-order valence-corrected chi connectivity index (χ2v) is 5.98. The van der Waals surface area contributed by atoms with Gasteiger partial charge in [-0.3, -0.25) is 20.4 Å². The SMILES string of the molecule is CCc1ccc(/C=C/C(=O)NNC(=O)Cn2nnc(-c3ccccc3)n2)cc1. The van der Waals surface area contributed by atoms with Crippen LogP contribution in [0.2, 0.25) is 0 Å². The maximum atomic E-state index is 11.9. The fourth-order valence-electron chi connectivity index (χ4n) is 2.39. The summed E-state index contributed by atoms with van der Waals surface area (Å²) in [6.07, 6.45) is 3.98. The molecular weight excluding hydrogens is 356 g/mol. The van der Waals surface area contributed by atoms with E-state index in [0.717, 1.165) is 22.3 Å². The van der Waals surface area contributed by atoms with E-state index in [1.807, 2.05) is 54.6 Å². The molecule has 8 nitrogen and oxygen atoms in total. The number of nitrogens with zero attached hydrogens (tertiary/aromatic N) is 4. The predicted octanol–water partition coefficient (Wildman–Crippen LogP) is 1.76. The molecule has 0 aliphatic rings. The van der Waals surface area contributed by atoms with Gasteiger partial charge in [0.25, 0.3) is 11.8 Å². The van der Waals surface area contributed by atoms with Crippen LogP contribution in [0.5, 0.6) is 0 Å². The maximum Gasteiger partial charge on any atom is 0.262 e. The number of nitrogens with one attached hydrogen (secondary N) is 2. The summed E-state index contributed by atoms with van der Waals surface area (Å²) in [5, 5.41) is 11.9. The predicted molar refractivity (Wildman–Crippen MR) is 104 cm³/mol. The van der Waals surface area contributed by atoms with Crippen LogP contribution in [0, 0.1) is 0 Å². The molecule has 3 aromatic rings. The second-order valence-electron chi connectivity index (χ2n) is 5.98. The topological polar surface area (TPSA) is 102 Å². The number of amides is 2. The van der Waals surface area contributed by atoms with Gasteiger partial charge in [-0.1, -0.05) is 61.5 Å². The summed E-state index contributed by atoms with van der Waals surface area (Å²) in [7, 11) is 0. The van der Waals surface area contributed by atoms with Crippen LogP contribution in [-0.2, 0) is 22.6 Å². The largest absolute Gasteiger partial charge is 0.271 e. The van der Waals surface area contributed by atoms with Crippen molar-refractivity contribution in [3.63, 3.8) is 0 Å². The third kappa shape index (κ3) is 5.34. The number of hydrogen-bond donors (Lipinski definition) is 2. The van der Waals surface area contributed by atoms with E-state index >= 15 is 0 Å². The molecule has 0 bridgehead atoms. The zero-order chi connectivity index (χ0) is 19.8. The molecule has 8 heteroatoms. The number of aromatic nitrogens is 4. The van der Waals surface area contributed by atoms with Crippen molar-refractivity contribution in [2.24, 2.45) is 0 Å². The van der Waals surface area contributed by atoms with Crippen LogP contribution in [0.15, 0.2) is 60.7 Å². The number of carbonyl (C=O) groups is 2. The fourth-order valence-corrected chi connectivity index (χ4v) is 2.39. The fraction of sp³-hybridized carbons (Fsp3) is 0.150. The summed E-state index contributed by atoms with van der Waals surface area (Å²) in [6.45, 7) is 1.92. The van der Waals surface area contributed by atoms with Gasteiger partial charge in [0, 0.05) is 11.6 Å². The monoisotopic (exact) mass is 376 g/mol. The van der Waals surface area contributed by atoms with Gasteiger partial charge in [0.2, 0.25) is 5.82 Å². The first-order valence-corrected chi connectivity index (χ1v) is 8.83. The van der Waals surface area contributed by atoms with Crippen molar-refractivity contribution >= 4 is 17.9 Å². The van der Waals surface area contributed by atoms with Gasteiger partial charge in [-0.2, -0.15) is 4.80 Å². The van der Waals surface area contributed by atoms with Crippen molar-refractivity contribution in [1.82, 2.24) is 31.1 Å². The van der Waals surface area contributed by atoms with Crippen LogP contribution >= 0.6 is 0 Å². The van der Waals surface area contributed by atoms with Gasteiger partial charge in [0.15, 0.2) is 0 Å². The average molecular weight is 376 g/mol. The van der Waals surface area contributed by atoms with Gasteiger partial charge in [-0.25, -0.2) is 0 Å². The molecule has 142 valence electrons. The molecule has 28 heavy (non-hydrogen) atoms. The summed E-state index contributed by atoms with van der Waals surface area (Å²) >= 11 is 0. The lowest BCUT2D eigenvalue weighted by Gasteiger charge is -2.04. The van der Waals surface area contributed by atoms with Crippen molar-refractivity contribution in [2.45, 2.75) is 19.9 Å². The Labute approximate surface area is 162 Å². The van der Waals surface area contributed by atoms with E-state index < -0.39 is 11.8 Å². The summed E-state index contributed by atoms with van der Waals surface area (Å²) in [5.74, 6) is -0.482. The van der Waals surface area contributed by atoms with Crippen LogP contribution in [-0.4, -0.2) is 32.0 Å². The van der Waals surface area contributed by atoms with Crippen LogP contribution in [0.4, 0.5) is 0 Å². The van der Waals surface area contributed by atoms with Crippen molar-refractivity contribution < 1.29 is 9.59 Å². The molecule has 1 heterocycles. The smallest absolute Gasteiger partial charge is 0.262 e. The Morgan fingerprint density at radius 1 is 1.04 bits per heavy atom. The molecule has 0 fully saturated rings. The summed E-state index contributed by atoms with van der Waals surface area (Å²) < 4.78 is 0. The number of rotatable bonds is 6. The van der Waals surface area contributed by atoms with Crippen LogP contribution in [0.3, 0.4) is 0 Å². The minimum Gasteiger partial charge on any atom is -0.271 e. The highest BCUT2D eigenvalue weighted by atomic mass is 16.2. The minimum atomic E-state index is -0.467. The van der Waals surface area contributed by atoms with Gasteiger partial charge in [-0.05, 0) is 28.8 Å². The lowest BCUT2D eigenvalue weighted by molar-refractivity contribution is -0.127. The van der Waals surface area contributed by atoms with Crippen molar-refractivity contribution in [1.29, 1.82) is 0 Å². The van der Waals surface area contributed by atoms with Gasteiger partial charge in [-0.15, -0.1) is 10.2 Å². The third-order valence-corrected chi connectivity index (χ3v) is 3.91. The molecule has 0 unspecified atom stereocenters. The van der Waals surface area contributed by atoms with E-state index in [1.165, 1.54) is 11.6 Å². The Kier molecular flexibility index (Phi) is 6.25. The Balaban J connectivity index is 1.46. The lowest BCUT2D eigenvalue weighted by atomic mass is 10.1. The van der Waals surface area contributed by atoms with E-state index in [-0.39, 0.29) is 6.54 Å². The average Bonchev–Trinajstić information content (AvgIpc) is 3.20. The van der Waals surface area contributed by atoms with Gasteiger partial charge in [0.1, 0.15) is 6.54 Å². The Morgan fingerprint density at radius 3 is 2.50 bits per heavy atom. The zero-order valence-electron chi connectivity index (χ0n) is 15.4. The van der Waals surface area contributed by atoms with E-state index in [4.69, 9.17) is 0 Å².